The zero-order valence-electron chi connectivity index (χ0n) is 20.5. The van der Waals surface area contributed by atoms with Gasteiger partial charge in [-0.1, -0.05) is 11.6 Å². The van der Waals surface area contributed by atoms with Crippen molar-refractivity contribution in [1.29, 1.82) is 0 Å². The van der Waals surface area contributed by atoms with Gasteiger partial charge in [-0.2, -0.15) is 9.49 Å². The van der Waals surface area contributed by atoms with Crippen LogP contribution < -0.4 is 9.46 Å². The molecule has 5 heterocycles. The summed E-state index contributed by atoms with van der Waals surface area (Å²) in [7, 11) is -3.30. The van der Waals surface area contributed by atoms with Crippen LogP contribution in [0.4, 0.5) is 18.9 Å². The molecule has 0 spiro atoms. The van der Waals surface area contributed by atoms with E-state index in [1.54, 1.807) is 16.9 Å². The summed E-state index contributed by atoms with van der Waals surface area (Å²) in [6.45, 7) is 0.599. The maximum absolute atomic E-state index is 15.7. The molecule has 1 atom stereocenters. The molecule has 1 aliphatic heterocycles. The van der Waals surface area contributed by atoms with Gasteiger partial charge in [0, 0.05) is 24.4 Å². The van der Waals surface area contributed by atoms with E-state index in [-0.39, 0.29) is 17.1 Å². The fourth-order valence-corrected chi connectivity index (χ4v) is 5.83. The number of halogens is 4. The minimum absolute atomic E-state index is 0.0141. The lowest BCUT2D eigenvalue weighted by molar-refractivity contribution is -0.105. The largest absolute Gasteiger partial charge is 0.480 e. The first kappa shape index (κ1) is 26.1. The highest BCUT2D eigenvalue weighted by Gasteiger charge is 2.28. The van der Waals surface area contributed by atoms with E-state index in [2.05, 4.69) is 15.1 Å². The average molecular weight is 591 g/mol. The smallest absolute Gasteiger partial charge is 0.267 e. The highest BCUT2D eigenvalue weighted by atomic mass is 35.5. The number of imidazole rings is 1. The highest BCUT2D eigenvalue weighted by Crippen LogP contribution is 2.36. The molecule has 1 unspecified atom stereocenters. The van der Waals surface area contributed by atoms with Crippen LogP contribution in [-0.4, -0.2) is 46.3 Å². The molecule has 15 heteroatoms. The van der Waals surface area contributed by atoms with Crippen LogP contribution in [0.5, 0.6) is 5.88 Å². The van der Waals surface area contributed by atoms with Crippen molar-refractivity contribution >= 4 is 32.8 Å². The molecule has 10 nitrogen and oxygen atoms in total. The van der Waals surface area contributed by atoms with Crippen molar-refractivity contribution in [2.24, 2.45) is 0 Å². The van der Waals surface area contributed by atoms with E-state index in [0.29, 0.717) is 23.5 Å². The second kappa shape index (κ2) is 9.80. The fraction of sp³-hybridized carbons (Fsp3) is 0.160. The minimum Gasteiger partial charge on any atom is -0.480 e. The topological polar surface area (TPSA) is 113 Å². The minimum atomic E-state index is -4.50. The van der Waals surface area contributed by atoms with E-state index in [1.165, 1.54) is 31.8 Å². The van der Waals surface area contributed by atoms with Crippen LogP contribution in [0, 0.1) is 17.6 Å². The predicted octanol–water partition coefficient (Wildman–Crippen LogP) is 5.06. The lowest BCUT2D eigenvalue weighted by Gasteiger charge is -2.27. The first-order chi connectivity index (χ1) is 19.2. The quantitative estimate of drug-likeness (QED) is 0.264. The molecule has 1 saturated heterocycles. The molecule has 0 radical (unpaired) electrons. The van der Waals surface area contributed by atoms with Gasteiger partial charge in [-0.25, -0.2) is 31.8 Å². The summed E-state index contributed by atoms with van der Waals surface area (Å²) in [5.41, 5.74) is -0.567. The highest BCUT2D eigenvalue weighted by molar-refractivity contribution is 7.92. The van der Waals surface area contributed by atoms with Crippen molar-refractivity contribution in [2.75, 3.05) is 18.4 Å². The molecule has 0 aliphatic carbocycles. The second-order valence-corrected chi connectivity index (χ2v) is 10.8. The Morgan fingerprint density at radius 2 is 1.95 bits per heavy atom. The lowest BCUT2D eigenvalue weighted by Crippen LogP contribution is -2.26. The summed E-state index contributed by atoms with van der Waals surface area (Å²) in [6.07, 6.45) is 4.43. The van der Waals surface area contributed by atoms with Crippen LogP contribution in [0.1, 0.15) is 12.6 Å². The molecule has 0 amide bonds. The van der Waals surface area contributed by atoms with Gasteiger partial charge in [-0.15, -0.1) is 0 Å². The average Bonchev–Trinajstić information content (AvgIpc) is 3.53. The third-order valence-electron chi connectivity index (χ3n) is 6.38. The third-order valence-corrected chi connectivity index (χ3v) is 7.95. The summed E-state index contributed by atoms with van der Waals surface area (Å²) >= 11 is 5.88. The molecule has 0 bridgehead atoms. The van der Waals surface area contributed by atoms with Gasteiger partial charge >= 0.3 is 0 Å². The Morgan fingerprint density at radius 3 is 2.67 bits per heavy atom. The maximum atomic E-state index is 15.7. The standard InChI is InChI=1S/C25H18ClF3N6O4S/c1-38-25-19(10-13(26)11-30-25)40(36,37)33-16-4-3-15(27)21(22(16)28)14-2-5-17-23(31-12-34(17)24(14)29)18-6-8-32-35(18)20-7-9-39-20/h2-6,8,10-12,20,33H,7,9H2,1H3. The Kier molecular flexibility index (Phi) is 6.40. The van der Waals surface area contributed by atoms with E-state index in [9.17, 15) is 12.8 Å². The number of hydrogen-bond donors (Lipinski definition) is 1. The first-order valence-electron chi connectivity index (χ1n) is 11.7. The van der Waals surface area contributed by atoms with E-state index >= 15 is 8.78 Å². The first-order valence-corrected chi connectivity index (χ1v) is 13.6. The van der Waals surface area contributed by atoms with Crippen LogP contribution in [0.25, 0.3) is 28.0 Å². The van der Waals surface area contributed by atoms with Crippen molar-refractivity contribution in [3.8, 4) is 28.4 Å². The number of fused-ring (bicyclic) bond motifs is 1. The summed E-state index contributed by atoms with van der Waals surface area (Å²) in [5, 5.41) is 4.25. The molecule has 6 rings (SSSR count). The number of anilines is 1. The monoisotopic (exact) mass is 590 g/mol. The van der Waals surface area contributed by atoms with Crippen molar-refractivity contribution in [3.05, 3.63) is 77.7 Å². The molecule has 1 aromatic carbocycles. The Hall–Kier alpha value is -4.14. The number of methoxy groups -OCH3 is 1. The van der Waals surface area contributed by atoms with E-state index in [0.717, 1.165) is 29.0 Å². The van der Waals surface area contributed by atoms with Gasteiger partial charge in [-0.3, -0.25) is 9.12 Å². The second-order valence-electron chi connectivity index (χ2n) is 8.71. The van der Waals surface area contributed by atoms with Crippen molar-refractivity contribution in [2.45, 2.75) is 17.5 Å². The van der Waals surface area contributed by atoms with Gasteiger partial charge in [0.1, 0.15) is 17.8 Å². The van der Waals surface area contributed by atoms with Crippen LogP contribution in [-0.2, 0) is 14.8 Å². The number of nitrogens with one attached hydrogen (secondary N) is 1. The third kappa shape index (κ3) is 4.24. The Bertz CT molecular complexity index is 1890. The normalized spacial score (nSPS) is 15.3. The molecule has 1 aliphatic rings. The molecule has 206 valence electrons. The molecule has 40 heavy (non-hydrogen) atoms. The number of benzene rings is 1. The summed E-state index contributed by atoms with van der Waals surface area (Å²) in [5.74, 6) is -3.75. The number of pyridine rings is 2. The SMILES string of the molecule is COc1ncc(Cl)cc1S(=O)(=O)Nc1ccc(F)c(-c2ccc3c(-c4ccnn4C4CCO4)ncn3c2F)c1F. The zero-order chi connectivity index (χ0) is 28.2. The molecule has 1 N–H and O–H groups in total. The fourth-order valence-electron chi connectivity index (χ4n) is 4.40. The van der Waals surface area contributed by atoms with Gasteiger partial charge in [0.25, 0.3) is 10.0 Å². The summed E-state index contributed by atoms with van der Waals surface area (Å²) in [4.78, 5) is 7.62. The zero-order valence-corrected chi connectivity index (χ0v) is 22.0. The maximum Gasteiger partial charge on any atom is 0.267 e. The molecule has 5 aromatic rings. The predicted molar refractivity (Wildman–Crippen MR) is 138 cm³/mol. The van der Waals surface area contributed by atoms with Crippen molar-refractivity contribution < 1.29 is 31.1 Å². The van der Waals surface area contributed by atoms with Gasteiger partial charge in [-0.05, 0) is 36.4 Å². The van der Waals surface area contributed by atoms with Gasteiger partial charge < -0.3 is 9.47 Å². The van der Waals surface area contributed by atoms with Gasteiger partial charge in [0.05, 0.1) is 41.2 Å². The molecule has 0 saturated carbocycles. The van der Waals surface area contributed by atoms with Gasteiger partial charge in [0.2, 0.25) is 11.8 Å². The number of rotatable bonds is 7. The van der Waals surface area contributed by atoms with Crippen LogP contribution >= 0.6 is 11.6 Å². The number of nitrogens with zero attached hydrogens (tertiary/aromatic N) is 5. The van der Waals surface area contributed by atoms with Crippen LogP contribution in [0.15, 0.2) is 60.0 Å². The van der Waals surface area contributed by atoms with Crippen LogP contribution in [0.2, 0.25) is 5.02 Å². The number of aromatic nitrogens is 5. The summed E-state index contributed by atoms with van der Waals surface area (Å²) in [6, 6.07) is 7.12. The van der Waals surface area contributed by atoms with E-state index in [4.69, 9.17) is 21.1 Å². The van der Waals surface area contributed by atoms with E-state index < -0.39 is 49.3 Å². The Balaban J connectivity index is 1.41. The van der Waals surface area contributed by atoms with Crippen LogP contribution in [0.3, 0.4) is 0 Å². The van der Waals surface area contributed by atoms with Crippen molar-refractivity contribution in [1.82, 2.24) is 24.1 Å². The number of sulfonamides is 1. The van der Waals surface area contributed by atoms with Gasteiger partial charge in [0.15, 0.2) is 16.9 Å². The molecular weight excluding hydrogens is 573 g/mol. The number of ether oxygens (including phenoxy) is 2. The molecular formula is C25H18ClF3N6O4S. The molecule has 1 fully saturated rings. The molecule has 4 aromatic heterocycles. The Labute approximate surface area is 230 Å². The van der Waals surface area contributed by atoms with Crippen molar-refractivity contribution in [3.63, 3.8) is 0 Å². The number of hydrogen-bond acceptors (Lipinski definition) is 7. The van der Waals surface area contributed by atoms with E-state index in [1.807, 2.05) is 4.72 Å². The summed E-state index contributed by atoms with van der Waals surface area (Å²) < 4.78 is 87.6. The Morgan fingerprint density at radius 1 is 1.15 bits per heavy atom. The lowest BCUT2D eigenvalue weighted by atomic mass is 10.0.